The maximum absolute atomic E-state index is 10.1. The maximum atomic E-state index is 10.1. The van der Waals surface area contributed by atoms with Crippen molar-refractivity contribution in [2.45, 2.75) is 46.6 Å². The summed E-state index contributed by atoms with van der Waals surface area (Å²) in [5, 5.41) is 8.29. The second kappa shape index (κ2) is 8.53. The molecule has 0 saturated heterocycles. The highest BCUT2D eigenvalue weighted by Crippen LogP contribution is 2.04. The molecule has 0 saturated carbocycles. The second-order valence-electron chi connectivity index (χ2n) is 2.84. The van der Waals surface area contributed by atoms with Crippen LogP contribution >= 0.6 is 0 Å². The Labute approximate surface area is 75.0 Å². The Bertz CT molecular complexity index is 113. The van der Waals surface area contributed by atoms with E-state index >= 15 is 0 Å². The SMILES string of the molecule is CC.CC(C)C(N)CCC(=O)O. The Morgan fingerprint density at radius 3 is 2.08 bits per heavy atom. The molecule has 0 rings (SSSR count). The van der Waals surface area contributed by atoms with Crippen molar-refractivity contribution in [3.05, 3.63) is 0 Å². The molecule has 74 valence electrons. The largest absolute Gasteiger partial charge is 0.481 e. The molecule has 3 heteroatoms. The van der Waals surface area contributed by atoms with Crippen LogP contribution in [0.15, 0.2) is 0 Å². The normalized spacial score (nSPS) is 11.8. The predicted octanol–water partition coefficient (Wildman–Crippen LogP) is 1.86. The quantitative estimate of drug-likeness (QED) is 0.685. The topological polar surface area (TPSA) is 63.3 Å². The first-order valence-corrected chi connectivity index (χ1v) is 4.51. The van der Waals surface area contributed by atoms with Gasteiger partial charge >= 0.3 is 5.97 Å². The van der Waals surface area contributed by atoms with Gasteiger partial charge in [-0.25, -0.2) is 0 Å². The highest BCUT2D eigenvalue weighted by atomic mass is 16.4. The van der Waals surface area contributed by atoms with Crippen LogP contribution in [-0.4, -0.2) is 17.1 Å². The average Bonchev–Trinajstić information content (AvgIpc) is 2.03. The van der Waals surface area contributed by atoms with Crippen LogP contribution in [0.25, 0.3) is 0 Å². The molecule has 3 nitrogen and oxygen atoms in total. The number of carboxylic acids is 1. The van der Waals surface area contributed by atoms with E-state index in [1.165, 1.54) is 0 Å². The zero-order valence-electron chi connectivity index (χ0n) is 8.50. The van der Waals surface area contributed by atoms with E-state index in [4.69, 9.17) is 10.8 Å². The summed E-state index contributed by atoms with van der Waals surface area (Å²) in [5.41, 5.74) is 5.60. The van der Waals surface area contributed by atoms with E-state index in [0.29, 0.717) is 12.3 Å². The Kier molecular flexibility index (Phi) is 9.93. The lowest BCUT2D eigenvalue weighted by Crippen LogP contribution is -2.26. The zero-order chi connectivity index (χ0) is 10.1. The summed E-state index contributed by atoms with van der Waals surface area (Å²) in [7, 11) is 0. The molecular weight excluding hydrogens is 154 g/mol. The molecule has 0 aliphatic rings. The first-order valence-electron chi connectivity index (χ1n) is 4.51. The van der Waals surface area contributed by atoms with E-state index in [1.807, 2.05) is 27.7 Å². The molecule has 12 heavy (non-hydrogen) atoms. The predicted molar refractivity (Wildman–Crippen MR) is 51.0 cm³/mol. The van der Waals surface area contributed by atoms with E-state index in [0.717, 1.165) is 0 Å². The van der Waals surface area contributed by atoms with Gasteiger partial charge in [-0.15, -0.1) is 0 Å². The van der Waals surface area contributed by atoms with Crippen LogP contribution in [0.1, 0.15) is 40.5 Å². The third kappa shape index (κ3) is 9.43. The molecule has 0 aromatic rings. The highest BCUT2D eigenvalue weighted by molar-refractivity contribution is 5.66. The molecule has 1 unspecified atom stereocenters. The van der Waals surface area contributed by atoms with E-state index in [2.05, 4.69) is 0 Å². The number of aliphatic carboxylic acids is 1. The van der Waals surface area contributed by atoms with Crippen molar-refractivity contribution in [1.82, 2.24) is 0 Å². The van der Waals surface area contributed by atoms with Crippen LogP contribution in [0.4, 0.5) is 0 Å². The van der Waals surface area contributed by atoms with Crippen molar-refractivity contribution in [2.24, 2.45) is 11.7 Å². The van der Waals surface area contributed by atoms with Crippen LogP contribution in [0.5, 0.6) is 0 Å². The first-order chi connectivity index (χ1) is 5.54. The molecule has 0 fully saturated rings. The van der Waals surface area contributed by atoms with Crippen LogP contribution in [-0.2, 0) is 4.79 Å². The summed E-state index contributed by atoms with van der Waals surface area (Å²) in [5.74, 6) is -0.393. The minimum atomic E-state index is -0.767. The van der Waals surface area contributed by atoms with Crippen molar-refractivity contribution in [3.63, 3.8) is 0 Å². The molecule has 1 atom stereocenters. The van der Waals surface area contributed by atoms with E-state index in [9.17, 15) is 4.79 Å². The van der Waals surface area contributed by atoms with Crippen LogP contribution in [0, 0.1) is 5.92 Å². The van der Waals surface area contributed by atoms with E-state index in [-0.39, 0.29) is 12.5 Å². The number of carbonyl (C=O) groups is 1. The molecular formula is C9H21NO2. The van der Waals surface area contributed by atoms with Gasteiger partial charge in [0.1, 0.15) is 0 Å². The number of carboxylic acid groups (broad SMARTS) is 1. The maximum Gasteiger partial charge on any atom is 0.303 e. The van der Waals surface area contributed by atoms with Crippen molar-refractivity contribution in [1.29, 1.82) is 0 Å². The summed E-state index contributed by atoms with van der Waals surface area (Å²) in [6.45, 7) is 7.99. The lowest BCUT2D eigenvalue weighted by Gasteiger charge is -2.13. The van der Waals surface area contributed by atoms with Crippen LogP contribution in [0.2, 0.25) is 0 Å². The molecule has 0 heterocycles. The van der Waals surface area contributed by atoms with Crippen LogP contribution < -0.4 is 5.73 Å². The summed E-state index contributed by atoms with van der Waals surface area (Å²) in [4.78, 5) is 10.1. The highest BCUT2D eigenvalue weighted by Gasteiger charge is 2.08. The molecule has 3 N–H and O–H groups in total. The standard InChI is InChI=1S/C7H15NO2.C2H6/c1-5(2)6(8)3-4-7(9)10;1-2/h5-6H,3-4,8H2,1-2H3,(H,9,10);1-2H3. The zero-order valence-corrected chi connectivity index (χ0v) is 8.50. The lowest BCUT2D eigenvalue weighted by atomic mass is 10.0. The molecule has 0 aliphatic carbocycles. The fourth-order valence-corrected chi connectivity index (χ4v) is 0.623. The smallest absolute Gasteiger partial charge is 0.303 e. The Balaban J connectivity index is 0. The minimum Gasteiger partial charge on any atom is -0.481 e. The summed E-state index contributed by atoms with van der Waals surface area (Å²) >= 11 is 0. The fraction of sp³-hybridized carbons (Fsp3) is 0.889. The number of nitrogens with two attached hydrogens (primary N) is 1. The van der Waals surface area contributed by atoms with Crippen molar-refractivity contribution >= 4 is 5.97 Å². The summed E-state index contributed by atoms with van der Waals surface area (Å²) < 4.78 is 0. The lowest BCUT2D eigenvalue weighted by molar-refractivity contribution is -0.137. The molecule has 0 aliphatic heterocycles. The van der Waals surface area contributed by atoms with Gasteiger partial charge in [0.2, 0.25) is 0 Å². The molecule has 0 bridgehead atoms. The van der Waals surface area contributed by atoms with Gasteiger partial charge < -0.3 is 10.8 Å². The van der Waals surface area contributed by atoms with Gasteiger partial charge in [0.05, 0.1) is 0 Å². The van der Waals surface area contributed by atoms with Gasteiger partial charge in [0, 0.05) is 12.5 Å². The summed E-state index contributed by atoms with van der Waals surface area (Å²) in [6.07, 6.45) is 0.756. The minimum absolute atomic E-state index is 0.0242. The molecule has 0 amide bonds. The van der Waals surface area contributed by atoms with E-state index in [1.54, 1.807) is 0 Å². The van der Waals surface area contributed by atoms with Gasteiger partial charge in [0.25, 0.3) is 0 Å². The Morgan fingerprint density at radius 2 is 1.83 bits per heavy atom. The molecule has 0 aromatic heterocycles. The monoisotopic (exact) mass is 175 g/mol. The summed E-state index contributed by atoms with van der Waals surface area (Å²) in [6, 6.07) is 0.0242. The fourth-order valence-electron chi connectivity index (χ4n) is 0.623. The van der Waals surface area contributed by atoms with Gasteiger partial charge in [-0.05, 0) is 12.3 Å². The molecule has 0 aromatic carbocycles. The van der Waals surface area contributed by atoms with Crippen molar-refractivity contribution < 1.29 is 9.90 Å². The van der Waals surface area contributed by atoms with Gasteiger partial charge in [-0.3, -0.25) is 4.79 Å². The third-order valence-electron chi connectivity index (χ3n) is 1.55. The molecule has 0 radical (unpaired) electrons. The number of hydrogen-bond acceptors (Lipinski definition) is 2. The molecule has 0 spiro atoms. The average molecular weight is 175 g/mol. The van der Waals surface area contributed by atoms with Gasteiger partial charge in [0.15, 0.2) is 0 Å². The van der Waals surface area contributed by atoms with Gasteiger partial charge in [-0.1, -0.05) is 27.7 Å². The Morgan fingerprint density at radius 1 is 1.42 bits per heavy atom. The van der Waals surface area contributed by atoms with Crippen molar-refractivity contribution in [2.75, 3.05) is 0 Å². The van der Waals surface area contributed by atoms with Crippen molar-refractivity contribution in [3.8, 4) is 0 Å². The first kappa shape index (κ1) is 14.0. The van der Waals surface area contributed by atoms with Crippen LogP contribution in [0.3, 0.4) is 0 Å². The Hall–Kier alpha value is -0.570. The van der Waals surface area contributed by atoms with Gasteiger partial charge in [-0.2, -0.15) is 0 Å². The second-order valence-corrected chi connectivity index (χ2v) is 2.84. The third-order valence-corrected chi connectivity index (χ3v) is 1.55. The number of rotatable bonds is 4. The van der Waals surface area contributed by atoms with E-state index < -0.39 is 5.97 Å². The number of hydrogen-bond donors (Lipinski definition) is 2.